The lowest BCUT2D eigenvalue weighted by Crippen LogP contribution is -2.28. The summed E-state index contributed by atoms with van der Waals surface area (Å²) < 4.78 is 1.20. The fourth-order valence-electron chi connectivity index (χ4n) is 3.14. The van der Waals surface area contributed by atoms with Crippen LogP contribution in [0.1, 0.15) is 23.4 Å². The Morgan fingerprint density at radius 2 is 2.12 bits per heavy atom. The van der Waals surface area contributed by atoms with Crippen LogP contribution in [0.5, 0.6) is 0 Å². The molecule has 4 rings (SSSR count). The van der Waals surface area contributed by atoms with Crippen LogP contribution in [0.2, 0.25) is 0 Å². The van der Waals surface area contributed by atoms with Crippen LogP contribution in [-0.2, 0) is 24.1 Å². The lowest BCUT2D eigenvalue weighted by molar-refractivity contribution is -0.120. The molecule has 2 N–H and O–H groups in total. The van der Waals surface area contributed by atoms with Crippen LogP contribution < -0.4 is 10.9 Å². The molecule has 26 heavy (non-hydrogen) atoms. The van der Waals surface area contributed by atoms with Gasteiger partial charge in [-0.2, -0.15) is 0 Å². The SMILES string of the molecule is O=C(Cc1nc2sc3c(c2c(=O)[nH]1)CCCS3)NCCc1ccccc1. The normalized spacial score (nSPS) is 13.5. The van der Waals surface area contributed by atoms with Gasteiger partial charge >= 0.3 is 0 Å². The van der Waals surface area contributed by atoms with Crippen molar-refractivity contribution >= 4 is 39.2 Å². The first-order valence-corrected chi connectivity index (χ1v) is 10.5. The van der Waals surface area contributed by atoms with E-state index in [0.29, 0.717) is 17.8 Å². The fourth-order valence-corrected chi connectivity index (χ4v) is 5.69. The van der Waals surface area contributed by atoms with Gasteiger partial charge in [-0.3, -0.25) is 9.59 Å². The second-order valence-electron chi connectivity index (χ2n) is 6.28. The molecule has 7 heteroatoms. The van der Waals surface area contributed by atoms with Gasteiger partial charge in [-0.1, -0.05) is 30.3 Å². The van der Waals surface area contributed by atoms with Crippen LogP contribution in [0.3, 0.4) is 0 Å². The summed E-state index contributed by atoms with van der Waals surface area (Å²) in [7, 11) is 0. The minimum Gasteiger partial charge on any atom is -0.355 e. The summed E-state index contributed by atoms with van der Waals surface area (Å²) in [4.78, 5) is 32.7. The Morgan fingerprint density at radius 1 is 1.27 bits per heavy atom. The van der Waals surface area contributed by atoms with E-state index in [2.05, 4.69) is 15.3 Å². The van der Waals surface area contributed by atoms with Crippen LogP contribution in [0.15, 0.2) is 39.3 Å². The molecule has 0 radical (unpaired) electrons. The molecule has 0 aliphatic carbocycles. The quantitative estimate of drug-likeness (QED) is 0.708. The third-order valence-electron chi connectivity index (χ3n) is 4.38. The molecule has 134 valence electrons. The molecule has 1 amide bonds. The Labute approximate surface area is 159 Å². The number of fused-ring (bicyclic) bond motifs is 3. The Balaban J connectivity index is 1.43. The van der Waals surface area contributed by atoms with Crippen LogP contribution in [-0.4, -0.2) is 28.2 Å². The summed E-state index contributed by atoms with van der Waals surface area (Å²) >= 11 is 3.37. The number of carbonyl (C=O) groups is 1. The standard InChI is InChI=1S/C19H19N3O2S2/c23-15(20-9-8-12-5-2-1-3-6-12)11-14-21-17(24)16-13-7-4-10-25-19(13)26-18(16)22-14/h1-3,5-6H,4,7-11H2,(H,20,23)(H,21,22,24). The average molecular weight is 386 g/mol. The highest BCUT2D eigenvalue weighted by Crippen LogP contribution is 2.39. The molecule has 3 aromatic rings. The van der Waals surface area contributed by atoms with E-state index in [-0.39, 0.29) is 17.9 Å². The molecule has 3 heterocycles. The first-order chi connectivity index (χ1) is 12.7. The van der Waals surface area contributed by atoms with Crippen molar-refractivity contribution in [3.63, 3.8) is 0 Å². The van der Waals surface area contributed by atoms with Gasteiger partial charge in [0.1, 0.15) is 10.7 Å². The largest absolute Gasteiger partial charge is 0.355 e. The maximum absolute atomic E-state index is 12.5. The van der Waals surface area contributed by atoms with E-state index in [1.807, 2.05) is 30.3 Å². The monoisotopic (exact) mass is 385 g/mol. The van der Waals surface area contributed by atoms with Gasteiger partial charge in [0.2, 0.25) is 5.91 Å². The molecule has 1 aliphatic rings. The number of H-pyrrole nitrogens is 1. The second kappa shape index (κ2) is 7.63. The number of thioether (sulfide) groups is 1. The van der Waals surface area contributed by atoms with Gasteiger partial charge in [-0.15, -0.1) is 23.1 Å². The highest BCUT2D eigenvalue weighted by atomic mass is 32.2. The smallest absolute Gasteiger partial charge is 0.259 e. The molecule has 1 aromatic carbocycles. The van der Waals surface area contributed by atoms with Crippen molar-refractivity contribution in [2.24, 2.45) is 0 Å². The summed E-state index contributed by atoms with van der Waals surface area (Å²) in [6, 6.07) is 10.0. The number of nitrogens with one attached hydrogen (secondary N) is 2. The Morgan fingerprint density at radius 3 is 2.96 bits per heavy atom. The molecule has 0 unspecified atom stereocenters. The minimum absolute atomic E-state index is 0.0929. The predicted molar refractivity (Wildman–Crippen MR) is 106 cm³/mol. The molecule has 2 aromatic heterocycles. The first kappa shape index (κ1) is 17.3. The maximum Gasteiger partial charge on any atom is 0.259 e. The van der Waals surface area contributed by atoms with Crippen LogP contribution in [0, 0.1) is 0 Å². The van der Waals surface area contributed by atoms with E-state index >= 15 is 0 Å². The summed E-state index contributed by atoms with van der Waals surface area (Å²) in [5.74, 6) is 1.40. The van der Waals surface area contributed by atoms with Crippen molar-refractivity contribution in [3.05, 3.63) is 57.6 Å². The lowest BCUT2D eigenvalue weighted by atomic mass is 10.1. The predicted octanol–water partition coefficient (Wildman–Crippen LogP) is 2.92. The van der Waals surface area contributed by atoms with Crippen LogP contribution >= 0.6 is 23.1 Å². The van der Waals surface area contributed by atoms with Crippen molar-refractivity contribution in [1.29, 1.82) is 0 Å². The highest BCUT2D eigenvalue weighted by molar-refractivity contribution is 8.01. The van der Waals surface area contributed by atoms with Crippen molar-refractivity contribution in [1.82, 2.24) is 15.3 Å². The summed E-state index contributed by atoms with van der Waals surface area (Å²) in [5.41, 5.74) is 2.19. The molecule has 0 saturated carbocycles. The van der Waals surface area contributed by atoms with Gasteiger partial charge in [0.25, 0.3) is 5.56 Å². The zero-order valence-electron chi connectivity index (χ0n) is 14.2. The number of rotatable bonds is 5. The Bertz CT molecular complexity index is 995. The topological polar surface area (TPSA) is 74.8 Å². The number of nitrogens with zero attached hydrogens (tertiary/aromatic N) is 1. The minimum atomic E-state index is -0.126. The van der Waals surface area contributed by atoms with E-state index in [4.69, 9.17) is 0 Å². The number of aryl methyl sites for hydroxylation is 1. The number of hydrogen-bond acceptors (Lipinski definition) is 5. The van der Waals surface area contributed by atoms with E-state index < -0.39 is 0 Å². The first-order valence-electron chi connectivity index (χ1n) is 8.68. The molecule has 0 fully saturated rings. The lowest BCUT2D eigenvalue weighted by Gasteiger charge is -2.09. The summed E-state index contributed by atoms with van der Waals surface area (Å²) in [6.07, 6.45) is 2.90. The summed E-state index contributed by atoms with van der Waals surface area (Å²) in [5, 5.41) is 3.61. The van der Waals surface area contributed by atoms with Crippen molar-refractivity contribution in [3.8, 4) is 0 Å². The molecule has 1 aliphatic heterocycles. The van der Waals surface area contributed by atoms with E-state index in [9.17, 15) is 9.59 Å². The van der Waals surface area contributed by atoms with Gasteiger partial charge in [0.15, 0.2) is 0 Å². The maximum atomic E-state index is 12.5. The number of carbonyl (C=O) groups excluding carboxylic acids is 1. The zero-order chi connectivity index (χ0) is 17.9. The van der Waals surface area contributed by atoms with Crippen molar-refractivity contribution in [2.45, 2.75) is 29.9 Å². The molecule has 0 spiro atoms. The zero-order valence-corrected chi connectivity index (χ0v) is 15.8. The molecule has 0 bridgehead atoms. The third kappa shape index (κ3) is 3.68. The highest BCUT2D eigenvalue weighted by Gasteiger charge is 2.20. The molecular formula is C19H19N3O2S2. The molecule has 0 atom stereocenters. The van der Waals surface area contributed by atoms with Crippen molar-refractivity contribution in [2.75, 3.05) is 12.3 Å². The van der Waals surface area contributed by atoms with Gasteiger partial charge < -0.3 is 10.3 Å². The average Bonchev–Trinajstić information content (AvgIpc) is 3.01. The molecule has 5 nitrogen and oxygen atoms in total. The molecular weight excluding hydrogens is 366 g/mol. The van der Waals surface area contributed by atoms with Crippen LogP contribution in [0.25, 0.3) is 10.2 Å². The number of aromatic amines is 1. The number of aromatic nitrogens is 2. The van der Waals surface area contributed by atoms with E-state index in [1.54, 1.807) is 23.1 Å². The van der Waals surface area contributed by atoms with E-state index in [0.717, 1.165) is 35.4 Å². The van der Waals surface area contributed by atoms with Crippen LogP contribution in [0.4, 0.5) is 0 Å². The second-order valence-corrected chi connectivity index (χ2v) is 8.64. The number of benzene rings is 1. The van der Waals surface area contributed by atoms with E-state index in [1.165, 1.54) is 9.77 Å². The molecule has 0 saturated heterocycles. The van der Waals surface area contributed by atoms with Gasteiger partial charge in [0.05, 0.1) is 16.0 Å². The summed E-state index contributed by atoms with van der Waals surface area (Å²) in [6.45, 7) is 0.569. The third-order valence-corrected chi connectivity index (χ3v) is 6.91. The Hall–Kier alpha value is -2.12. The van der Waals surface area contributed by atoms with Gasteiger partial charge in [-0.05, 0) is 36.1 Å². The number of hydrogen-bond donors (Lipinski definition) is 2. The van der Waals surface area contributed by atoms with Gasteiger partial charge in [0, 0.05) is 6.54 Å². The number of thiophene rings is 1. The fraction of sp³-hybridized carbons (Fsp3) is 0.316. The van der Waals surface area contributed by atoms with Crippen molar-refractivity contribution < 1.29 is 4.79 Å². The Kier molecular flexibility index (Phi) is 5.08. The number of amides is 1. The van der Waals surface area contributed by atoms with Gasteiger partial charge in [-0.25, -0.2) is 4.98 Å².